The summed E-state index contributed by atoms with van der Waals surface area (Å²) >= 11 is 1.39. The number of likely N-dealkylation sites (N-methyl/N-ethyl adjacent to an activating group) is 1. The summed E-state index contributed by atoms with van der Waals surface area (Å²) < 4.78 is 9.29. The molecule has 0 aliphatic carbocycles. The first-order chi connectivity index (χ1) is 11.4. The SMILES string of the molecule is CCCCCCCCCCC(C[N+](C)(C)CC)OC(=O)NSCC.[Br-]. The highest BCUT2D eigenvalue weighted by Gasteiger charge is 2.23. The van der Waals surface area contributed by atoms with Crippen LogP contribution < -0.4 is 21.7 Å². The second-order valence-corrected chi connectivity index (χ2v) is 8.33. The molecule has 0 rings (SSSR count). The molecule has 0 spiro atoms. The Morgan fingerprint density at radius 3 is 2.08 bits per heavy atom. The lowest BCUT2D eigenvalue weighted by Gasteiger charge is -2.32. The normalized spacial score (nSPS) is 12.4. The highest BCUT2D eigenvalue weighted by atomic mass is 79.9. The van der Waals surface area contributed by atoms with Crippen LogP contribution in [0.2, 0.25) is 0 Å². The van der Waals surface area contributed by atoms with Gasteiger partial charge >= 0.3 is 6.09 Å². The lowest BCUT2D eigenvalue weighted by molar-refractivity contribution is -0.891. The van der Waals surface area contributed by atoms with Crippen LogP contribution in [0.15, 0.2) is 0 Å². The van der Waals surface area contributed by atoms with Gasteiger partial charge in [0.2, 0.25) is 0 Å². The standard InChI is InChI=1S/C19H40N2O2S.BrH/c1-6-9-10-11-12-13-14-15-16-18(17-21(4,5)7-2)23-19(22)20-24-8-3;/h18H,6-17H2,1-5H3;1H. The van der Waals surface area contributed by atoms with E-state index in [1.54, 1.807) is 0 Å². The minimum atomic E-state index is -0.289. The maximum Gasteiger partial charge on any atom is 0.417 e. The van der Waals surface area contributed by atoms with Gasteiger partial charge in [-0.2, -0.15) is 0 Å². The molecule has 6 heteroatoms. The summed E-state index contributed by atoms with van der Waals surface area (Å²) in [5, 5.41) is 0. The van der Waals surface area contributed by atoms with Crippen molar-refractivity contribution in [1.29, 1.82) is 0 Å². The zero-order valence-electron chi connectivity index (χ0n) is 17.1. The first-order valence-corrected chi connectivity index (χ1v) is 10.8. The molecule has 4 nitrogen and oxygen atoms in total. The lowest BCUT2D eigenvalue weighted by atomic mass is 10.1. The van der Waals surface area contributed by atoms with Gasteiger partial charge in [-0.3, -0.25) is 4.72 Å². The van der Waals surface area contributed by atoms with Crippen molar-refractivity contribution in [3.63, 3.8) is 0 Å². The zero-order chi connectivity index (χ0) is 18.3. The summed E-state index contributed by atoms with van der Waals surface area (Å²) in [7, 11) is 4.39. The van der Waals surface area contributed by atoms with Crippen molar-refractivity contribution in [2.45, 2.75) is 84.7 Å². The van der Waals surface area contributed by atoms with Crippen LogP contribution in [0.4, 0.5) is 4.79 Å². The van der Waals surface area contributed by atoms with Crippen molar-refractivity contribution in [2.75, 3.05) is 32.9 Å². The molecule has 0 aliphatic rings. The summed E-state index contributed by atoms with van der Waals surface area (Å²) in [6.07, 6.45) is 11.2. The second-order valence-electron chi connectivity index (χ2n) is 7.26. The van der Waals surface area contributed by atoms with E-state index in [4.69, 9.17) is 4.74 Å². The van der Waals surface area contributed by atoms with E-state index >= 15 is 0 Å². The topological polar surface area (TPSA) is 38.3 Å². The van der Waals surface area contributed by atoms with E-state index < -0.39 is 0 Å². The number of nitrogens with one attached hydrogen (secondary N) is 1. The maximum atomic E-state index is 11.9. The molecule has 0 bridgehead atoms. The molecule has 0 aliphatic heterocycles. The highest BCUT2D eigenvalue weighted by Crippen LogP contribution is 2.14. The van der Waals surface area contributed by atoms with Crippen LogP contribution in [-0.2, 0) is 4.74 Å². The fourth-order valence-corrected chi connectivity index (χ4v) is 2.99. The van der Waals surface area contributed by atoms with Gasteiger partial charge in [-0.25, -0.2) is 4.79 Å². The van der Waals surface area contributed by atoms with Crippen molar-refractivity contribution in [1.82, 2.24) is 4.72 Å². The van der Waals surface area contributed by atoms with Crippen LogP contribution in [0.3, 0.4) is 0 Å². The summed E-state index contributed by atoms with van der Waals surface area (Å²) in [5.74, 6) is 0.855. The van der Waals surface area contributed by atoms with E-state index in [0.29, 0.717) is 0 Å². The number of carbonyl (C=O) groups is 1. The van der Waals surface area contributed by atoms with E-state index in [2.05, 4.69) is 32.7 Å². The Morgan fingerprint density at radius 1 is 1.00 bits per heavy atom. The van der Waals surface area contributed by atoms with E-state index in [0.717, 1.165) is 36.2 Å². The Balaban J connectivity index is 0. The van der Waals surface area contributed by atoms with Crippen LogP contribution >= 0.6 is 11.9 Å². The fraction of sp³-hybridized carbons (Fsp3) is 0.947. The predicted octanol–water partition coefficient (Wildman–Crippen LogP) is 2.38. The molecule has 25 heavy (non-hydrogen) atoms. The minimum Gasteiger partial charge on any atom is -1.00 e. The van der Waals surface area contributed by atoms with Crippen LogP contribution in [0.1, 0.15) is 78.6 Å². The molecule has 1 unspecified atom stereocenters. The number of halogens is 1. The molecule has 1 amide bonds. The Bertz CT molecular complexity index is 318. The molecule has 0 fully saturated rings. The molecule has 0 saturated carbocycles. The van der Waals surface area contributed by atoms with E-state index in [1.807, 2.05) is 6.92 Å². The minimum absolute atomic E-state index is 0. The maximum absolute atomic E-state index is 11.9. The van der Waals surface area contributed by atoms with Crippen molar-refractivity contribution in [3.8, 4) is 0 Å². The molecule has 0 aromatic heterocycles. The monoisotopic (exact) mass is 440 g/mol. The van der Waals surface area contributed by atoms with Gasteiger partial charge in [-0.15, -0.1) is 0 Å². The number of ether oxygens (including phenoxy) is 1. The molecule has 0 radical (unpaired) electrons. The van der Waals surface area contributed by atoms with Gasteiger partial charge in [0.25, 0.3) is 0 Å². The van der Waals surface area contributed by atoms with Crippen molar-refractivity contribution in [3.05, 3.63) is 0 Å². The molecule has 0 saturated heterocycles. The smallest absolute Gasteiger partial charge is 0.417 e. The molecule has 152 valence electrons. The quantitative estimate of drug-likeness (QED) is 0.241. The van der Waals surface area contributed by atoms with Crippen LogP contribution in [0, 0.1) is 0 Å². The van der Waals surface area contributed by atoms with Gasteiger partial charge in [-0.1, -0.05) is 58.8 Å². The molecular weight excluding hydrogens is 400 g/mol. The Labute approximate surface area is 171 Å². The Kier molecular flexibility index (Phi) is 19.1. The predicted molar refractivity (Wildman–Crippen MR) is 106 cm³/mol. The number of hydrogen-bond acceptors (Lipinski definition) is 3. The number of rotatable bonds is 15. The van der Waals surface area contributed by atoms with Gasteiger partial charge in [0.1, 0.15) is 6.54 Å². The number of amides is 1. The molecule has 1 N–H and O–H groups in total. The largest absolute Gasteiger partial charge is 1.00 e. The summed E-state index contributed by atoms with van der Waals surface area (Å²) in [5.41, 5.74) is 0. The van der Waals surface area contributed by atoms with Crippen LogP contribution in [0.5, 0.6) is 0 Å². The van der Waals surface area contributed by atoms with Crippen molar-refractivity contribution >= 4 is 18.0 Å². The Hall–Kier alpha value is 0.0600. The van der Waals surface area contributed by atoms with Crippen molar-refractivity contribution < 1.29 is 31.0 Å². The number of unbranched alkanes of at least 4 members (excludes halogenated alkanes) is 7. The highest BCUT2D eigenvalue weighted by molar-refractivity contribution is 7.97. The first kappa shape index (κ1) is 27.3. The number of nitrogens with zero attached hydrogens (tertiary/aromatic N) is 1. The number of carbonyl (C=O) groups excluding carboxylic acids is 1. The van der Waals surface area contributed by atoms with Gasteiger partial charge in [0.15, 0.2) is 6.10 Å². The van der Waals surface area contributed by atoms with E-state index in [-0.39, 0.29) is 29.2 Å². The lowest BCUT2D eigenvalue weighted by Crippen LogP contribution is -3.00. The van der Waals surface area contributed by atoms with E-state index in [9.17, 15) is 4.79 Å². The first-order valence-electron chi connectivity index (χ1n) is 9.85. The summed E-state index contributed by atoms with van der Waals surface area (Å²) in [6.45, 7) is 8.38. The molecule has 1 atom stereocenters. The average molecular weight is 442 g/mol. The van der Waals surface area contributed by atoms with Gasteiger partial charge in [0, 0.05) is 5.75 Å². The molecule has 0 aromatic rings. The number of hydrogen-bond donors (Lipinski definition) is 1. The van der Waals surface area contributed by atoms with Crippen LogP contribution in [-0.4, -0.2) is 49.6 Å². The number of quaternary nitrogens is 1. The summed E-state index contributed by atoms with van der Waals surface area (Å²) in [4.78, 5) is 11.9. The third kappa shape index (κ3) is 17.2. The summed E-state index contributed by atoms with van der Waals surface area (Å²) in [6, 6.07) is 0. The average Bonchev–Trinajstić information content (AvgIpc) is 2.55. The van der Waals surface area contributed by atoms with Crippen molar-refractivity contribution in [2.24, 2.45) is 0 Å². The third-order valence-corrected chi connectivity index (χ3v) is 5.11. The second kappa shape index (κ2) is 17.5. The Morgan fingerprint density at radius 2 is 1.56 bits per heavy atom. The fourth-order valence-electron chi connectivity index (χ4n) is 2.68. The van der Waals surface area contributed by atoms with Gasteiger partial charge in [0.05, 0.1) is 20.6 Å². The van der Waals surface area contributed by atoms with Gasteiger partial charge in [-0.05, 0) is 31.7 Å². The van der Waals surface area contributed by atoms with Gasteiger partial charge < -0.3 is 26.2 Å². The van der Waals surface area contributed by atoms with E-state index in [1.165, 1.54) is 56.9 Å². The van der Waals surface area contributed by atoms with Crippen LogP contribution in [0.25, 0.3) is 0 Å². The molecular formula is C19H41BrN2O2S. The zero-order valence-corrected chi connectivity index (χ0v) is 19.5. The third-order valence-electron chi connectivity index (χ3n) is 4.51. The molecule has 0 aromatic carbocycles. The molecule has 0 heterocycles.